The Bertz CT molecular complexity index is 500. The van der Waals surface area contributed by atoms with Gasteiger partial charge in [-0.05, 0) is 31.7 Å². The van der Waals surface area contributed by atoms with Gasteiger partial charge in [-0.3, -0.25) is 14.9 Å². The summed E-state index contributed by atoms with van der Waals surface area (Å²) in [5, 5.41) is 13.7. The van der Waals surface area contributed by atoms with Crippen LogP contribution in [0.3, 0.4) is 0 Å². The topological polar surface area (TPSA) is 72.2 Å². The maximum absolute atomic E-state index is 12.0. The highest BCUT2D eigenvalue weighted by atomic mass is 35.5. The third kappa shape index (κ3) is 2.79. The van der Waals surface area contributed by atoms with Gasteiger partial charge < -0.3 is 5.32 Å². The molecular weight excluding hydrogens is 256 g/mol. The van der Waals surface area contributed by atoms with Crippen molar-refractivity contribution < 1.29 is 9.72 Å². The van der Waals surface area contributed by atoms with Crippen LogP contribution < -0.4 is 5.32 Å². The molecule has 96 valence electrons. The van der Waals surface area contributed by atoms with Crippen LogP contribution in [0.4, 0.5) is 5.69 Å². The van der Waals surface area contributed by atoms with Crippen LogP contribution in [0.2, 0.25) is 5.02 Å². The number of nitro benzene ring substituents is 1. The molecule has 1 N–H and O–H groups in total. The van der Waals surface area contributed by atoms with E-state index in [1.54, 1.807) is 0 Å². The Balaban J connectivity index is 2.17. The smallest absolute Gasteiger partial charge is 0.270 e. The van der Waals surface area contributed by atoms with Crippen molar-refractivity contribution >= 4 is 23.2 Å². The number of carbonyl (C=O) groups is 1. The highest BCUT2D eigenvalue weighted by Crippen LogP contribution is 2.32. The van der Waals surface area contributed by atoms with Crippen LogP contribution in [0.5, 0.6) is 0 Å². The van der Waals surface area contributed by atoms with Gasteiger partial charge in [-0.1, -0.05) is 11.6 Å². The summed E-state index contributed by atoms with van der Waals surface area (Å²) in [6.07, 6.45) is 2.23. The molecular formula is C12H13ClN2O3. The van der Waals surface area contributed by atoms with Crippen molar-refractivity contribution in [3.63, 3.8) is 0 Å². The van der Waals surface area contributed by atoms with Crippen molar-refractivity contribution in [2.45, 2.75) is 25.8 Å². The molecule has 1 unspecified atom stereocenters. The van der Waals surface area contributed by atoms with E-state index >= 15 is 0 Å². The summed E-state index contributed by atoms with van der Waals surface area (Å²) >= 11 is 5.89. The third-order valence-corrected chi connectivity index (χ3v) is 3.42. The lowest BCUT2D eigenvalue weighted by molar-refractivity contribution is -0.384. The summed E-state index contributed by atoms with van der Waals surface area (Å²) in [5.41, 5.74) is 0.0157. The van der Waals surface area contributed by atoms with Gasteiger partial charge in [0, 0.05) is 18.2 Å². The van der Waals surface area contributed by atoms with Gasteiger partial charge in [-0.25, -0.2) is 0 Å². The monoisotopic (exact) mass is 268 g/mol. The summed E-state index contributed by atoms with van der Waals surface area (Å²) in [6.45, 7) is 1.93. The molecule has 0 aliphatic heterocycles. The Labute approximate surface area is 109 Å². The van der Waals surface area contributed by atoms with Crippen LogP contribution in [0, 0.1) is 16.0 Å². The second-order valence-electron chi connectivity index (χ2n) is 4.52. The number of nitrogens with zero attached hydrogens (tertiary/aromatic N) is 1. The first-order valence-corrected chi connectivity index (χ1v) is 6.11. The van der Waals surface area contributed by atoms with Gasteiger partial charge in [0.1, 0.15) is 0 Å². The molecule has 6 heteroatoms. The fourth-order valence-corrected chi connectivity index (χ4v) is 2.00. The van der Waals surface area contributed by atoms with Crippen molar-refractivity contribution in [1.82, 2.24) is 5.32 Å². The minimum atomic E-state index is -0.544. The minimum absolute atomic E-state index is 0.0767. The molecule has 1 atom stereocenters. The fourth-order valence-electron chi connectivity index (χ4n) is 1.80. The van der Waals surface area contributed by atoms with Gasteiger partial charge in [0.25, 0.3) is 11.6 Å². The second-order valence-corrected chi connectivity index (χ2v) is 4.93. The van der Waals surface area contributed by atoms with Crippen LogP contribution >= 0.6 is 11.6 Å². The molecule has 1 aliphatic carbocycles. The molecule has 2 rings (SSSR count). The van der Waals surface area contributed by atoms with E-state index in [9.17, 15) is 14.9 Å². The van der Waals surface area contributed by atoms with Crippen molar-refractivity contribution in [3.8, 4) is 0 Å². The van der Waals surface area contributed by atoms with Crippen molar-refractivity contribution in [2.24, 2.45) is 5.92 Å². The average molecular weight is 269 g/mol. The van der Waals surface area contributed by atoms with E-state index in [2.05, 4.69) is 5.32 Å². The third-order valence-electron chi connectivity index (χ3n) is 3.09. The number of halogens is 1. The summed E-state index contributed by atoms with van der Waals surface area (Å²) < 4.78 is 0. The zero-order valence-corrected chi connectivity index (χ0v) is 10.6. The highest BCUT2D eigenvalue weighted by molar-refractivity contribution is 6.33. The summed E-state index contributed by atoms with van der Waals surface area (Å²) in [4.78, 5) is 22.1. The molecule has 0 aromatic heterocycles. The Morgan fingerprint density at radius 1 is 1.56 bits per heavy atom. The van der Waals surface area contributed by atoms with E-state index in [4.69, 9.17) is 11.6 Å². The molecule has 1 aliphatic rings. The second kappa shape index (κ2) is 4.94. The largest absolute Gasteiger partial charge is 0.349 e. The molecule has 0 radical (unpaired) electrons. The van der Waals surface area contributed by atoms with Gasteiger partial charge in [-0.2, -0.15) is 0 Å². The van der Waals surface area contributed by atoms with Crippen molar-refractivity contribution in [3.05, 3.63) is 38.9 Å². The van der Waals surface area contributed by atoms with E-state index in [0.29, 0.717) is 5.92 Å². The molecule has 0 saturated heterocycles. The molecule has 1 fully saturated rings. The molecule has 1 saturated carbocycles. The van der Waals surface area contributed by atoms with Crippen molar-refractivity contribution in [1.29, 1.82) is 0 Å². The van der Waals surface area contributed by atoms with E-state index < -0.39 is 4.92 Å². The number of hydrogen-bond acceptors (Lipinski definition) is 3. The molecule has 1 aromatic carbocycles. The number of nitro groups is 1. The molecule has 0 heterocycles. The molecule has 5 nitrogen and oxygen atoms in total. The van der Waals surface area contributed by atoms with Crippen LogP contribution in [-0.2, 0) is 0 Å². The number of non-ortho nitro benzene ring substituents is 1. The highest BCUT2D eigenvalue weighted by Gasteiger charge is 2.29. The first-order valence-electron chi connectivity index (χ1n) is 5.74. The molecule has 0 bridgehead atoms. The number of benzene rings is 1. The maximum atomic E-state index is 12.0. The number of rotatable bonds is 4. The zero-order valence-electron chi connectivity index (χ0n) is 9.85. The molecule has 1 amide bonds. The quantitative estimate of drug-likeness (QED) is 0.674. The lowest BCUT2D eigenvalue weighted by Crippen LogP contribution is -2.34. The Morgan fingerprint density at radius 2 is 2.22 bits per heavy atom. The summed E-state index contributed by atoms with van der Waals surface area (Å²) in [6, 6.07) is 3.93. The van der Waals surface area contributed by atoms with Crippen LogP contribution in [0.1, 0.15) is 30.1 Å². The summed E-state index contributed by atoms with van der Waals surface area (Å²) in [5.74, 6) is 0.162. The first kappa shape index (κ1) is 12.8. The zero-order chi connectivity index (χ0) is 13.3. The van der Waals surface area contributed by atoms with Crippen molar-refractivity contribution in [2.75, 3.05) is 0 Å². The number of amides is 1. The normalized spacial score (nSPS) is 16.1. The number of carbonyl (C=O) groups excluding carboxylic acids is 1. The predicted molar refractivity (Wildman–Crippen MR) is 67.8 cm³/mol. The Hall–Kier alpha value is -1.62. The van der Waals surface area contributed by atoms with Gasteiger partial charge in [0.2, 0.25) is 0 Å². The average Bonchev–Trinajstić information content (AvgIpc) is 3.12. The predicted octanol–water partition coefficient (Wildman–Crippen LogP) is 2.78. The van der Waals surface area contributed by atoms with Gasteiger partial charge in [0.15, 0.2) is 0 Å². The fraction of sp³-hybridized carbons (Fsp3) is 0.417. The van der Waals surface area contributed by atoms with E-state index in [1.807, 2.05) is 6.92 Å². The van der Waals surface area contributed by atoms with Gasteiger partial charge in [-0.15, -0.1) is 0 Å². The van der Waals surface area contributed by atoms with Gasteiger partial charge >= 0.3 is 0 Å². The Kier molecular flexibility index (Phi) is 3.52. The number of nitrogens with one attached hydrogen (secondary N) is 1. The van der Waals surface area contributed by atoms with E-state index in [-0.39, 0.29) is 28.2 Å². The van der Waals surface area contributed by atoms with Crippen LogP contribution in [-0.4, -0.2) is 16.9 Å². The van der Waals surface area contributed by atoms with E-state index in [1.165, 1.54) is 18.2 Å². The SMILES string of the molecule is CC(NC(=O)c1cc([N+](=O)[O-])ccc1Cl)C1CC1. The molecule has 18 heavy (non-hydrogen) atoms. The summed E-state index contributed by atoms with van der Waals surface area (Å²) in [7, 11) is 0. The molecule has 1 aromatic rings. The lowest BCUT2D eigenvalue weighted by atomic mass is 10.1. The lowest BCUT2D eigenvalue weighted by Gasteiger charge is -2.13. The standard InChI is InChI=1S/C12H13ClN2O3/c1-7(8-2-3-8)14-12(16)10-6-9(15(17)18)4-5-11(10)13/h4-8H,2-3H2,1H3,(H,14,16). The molecule has 0 spiro atoms. The Morgan fingerprint density at radius 3 is 2.78 bits per heavy atom. The van der Waals surface area contributed by atoms with Crippen LogP contribution in [0.25, 0.3) is 0 Å². The van der Waals surface area contributed by atoms with Crippen LogP contribution in [0.15, 0.2) is 18.2 Å². The maximum Gasteiger partial charge on any atom is 0.270 e. The van der Waals surface area contributed by atoms with E-state index in [0.717, 1.165) is 12.8 Å². The minimum Gasteiger partial charge on any atom is -0.349 e. The number of hydrogen-bond donors (Lipinski definition) is 1. The van der Waals surface area contributed by atoms with Gasteiger partial charge in [0.05, 0.1) is 15.5 Å². The first-order chi connectivity index (χ1) is 8.49.